The van der Waals surface area contributed by atoms with Gasteiger partial charge in [-0.05, 0) is 51.6 Å². The number of carbonyl (C=O) groups excluding carboxylic acids is 1. The molecule has 0 aliphatic carbocycles. The normalized spacial score (nSPS) is 26.0. The third-order valence-electron chi connectivity index (χ3n) is 4.82. The Kier molecular flexibility index (Phi) is 8.60. The van der Waals surface area contributed by atoms with Gasteiger partial charge in [0.15, 0.2) is 0 Å². The summed E-state index contributed by atoms with van der Waals surface area (Å²) in [7, 11) is 0. The zero-order chi connectivity index (χ0) is 14.4. The van der Waals surface area contributed by atoms with Crippen molar-refractivity contribution in [2.75, 3.05) is 32.7 Å². The van der Waals surface area contributed by atoms with Gasteiger partial charge in [-0.2, -0.15) is 0 Å². The molecule has 2 aliphatic heterocycles. The summed E-state index contributed by atoms with van der Waals surface area (Å²) >= 11 is 0. The molecule has 2 unspecified atom stereocenters. The lowest BCUT2D eigenvalue weighted by Crippen LogP contribution is -2.50. The van der Waals surface area contributed by atoms with Crippen molar-refractivity contribution in [1.29, 1.82) is 0 Å². The van der Waals surface area contributed by atoms with Gasteiger partial charge in [0.25, 0.3) is 0 Å². The standard InChI is InChI=1S/C16H31N3O.ClH/c1-3-10-18(15-8-9-17-12-15)13-16(20)19-11-6-5-7-14(19)4-2;/h14-15,17H,3-13H2,1-2H3;1H. The number of hydrogen-bond acceptors (Lipinski definition) is 3. The van der Waals surface area contributed by atoms with Crippen molar-refractivity contribution in [2.24, 2.45) is 0 Å². The van der Waals surface area contributed by atoms with Gasteiger partial charge in [-0.3, -0.25) is 9.69 Å². The van der Waals surface area contributed by atoms with Crippen LogP contribution in [0.2, 0.25) is 0 Å². The van der Waals surface area contributed by atoms with Crippen LogP contribution in [-0.4, -0.2) is 60.5 Å². The van der Waals surface area contributed by atoms with Crippen LogP contribution in [0.3, 0.4) is 0 Å². The summed E-state index contributed by atoms with van der Waals surface area (Å²) in [6, 6.07) is 1.05. The Balaban J connectivity index is 0.00000220. The molecule has 124 valence electrons. The van der Waals surface area contributed by atoms with Crippen LogP contribution in [0, 0.1) is 0 Å². The van der Waals surface area contributed by atoms with E-state index >= 15 is 0 Å². The average molecular weight is 318 g/mol. The summed E-state index contributed by atoms with van der Waals surface area (Å²) in [6.07, 6.45) is 7.07. The molecule has 2 fully saturated rings. The van der Waals surface area contributed by atoms with Gasteiger partial charge in [-0.25, -0.2) is 0 Å². The Morgan fingerprint density at radius 2 is 2.10 bits per heavy atom. The van der Waals surface area contributed by atoms with Gasteiger partial charge in [-0.15, -0.1) is 12.4 Å². The molecule has 0 bridgehead atoms. The topological polar surface area (TPSA) is 35.6 Å². The highest BCUT2D eigenvalue weighted by Crippen LogP contribution is 2.20. The summed E-state index contributed by atoms with van der Waals surface area (Å²) in [4.78, 5) is 17.2. The van der Waals surface area contributed by atoms with Crippen molar-refractivity contribution in [2.45, 2.75) is 64.5 Å². The minimum absolute atomic E-state index is 0. The molecule has 4 nitrogen and oxygen atoms in total. The predicted molar refractivity (Wildman–Crippen MR) is 90.0 cm³/mol. The molecular weight excluding hydrogens is 286 g/mol. The van der Waals surface area contributed by atoms with E-state index in [4.69, 9.17) is 0 Å². The van der Waals surface area contributed by atoms with Gasteiger partial charge in [0.05, 0.1) is 6.54 Å². The highest BCUT2D eigenvalue weighted by Gasteiger charge is 2.29. The first-order valence-electron chi connectivity index (χ1n) is 8.50. The van der Waals surface area contributed by atoms with E-state index in [1.165, 1.54) is 25.7 Å². The molecular formula is C16H32ClN3O. The summed E-state index contributed by atoms with van der Waals surface area (Å²) in [5.74, 6) is 0.358. The zero-order valence-corrected chi connectivity index (χ0v) is 14.5. The molecule has 0 aromatic carbocycles. The number of nitrogens with zero attached hydrogens (tertiary/aromatic N) is 2. The van der Waals surface area contributed by atoms with Crippen LogP contribution in [0.1, 0.15) is 52.4 Å². The zero-order valence-electron chi connectivity index (χ0n) is 13.6. The van der Waals surface area contributed by atoms with Crippen molar-refractivity contribution >= 4 is 18.3 Å². The van der Waals surface area contributed by atoms with Crippen molar-refractivity contribution < 1.29 is 4.79 Å². The first-order chi connectivity index (χ1) is 9.76. The Morgan fingerprint density at radius 1 is 1.29 bits per heavy atom. The molecule has 0 spiro atoms. The van der Waals surface area contributed by atoms with E-state index in [9.17, 15) is 4.79 Å². The number of likely N-dealkylation sites (tertiary alicyclic amines) is 1. The van der Waals surface area contributed by atoms with E-state index in [2.05, 4.69) is 29.0 Å². The molecule has 2 saturated heterocycles. The lowest BCUT2D eigenvalue weighted by molar-refractivity contribution is -0.136. The third kappa shape index (κ3) is 5.11. The molecule has 2 atom stereocenters. The second kappa shape index (κ2) is 9.65. The fraction of sp³-hybridized carbons (Fsp3) is 0.938. The quantitative estimate of drug-likeness (QED) is 0.816. The number of halogens is 1. The molecule has 1 amide bonds. The van der Waals surface area contributed by atoms with E-state index in [0.717, 1.165) is 39.0 Å². The van der Waals surface area contributed by atoms with Gasteiger partial charge in [0.1, 0.15) is 0 Å². The number of piperidine rings is 1. The molecule has 1 N–H and O–H groups in total. The van der Waals surface area contributed by atoms with Crippen LogP contribution >= 0.6 is 12.4 Å². The molecule has 0 saturated carbocycles. The Hall–Kier alpha value is -0.320. The Morgan fingerprint density at radius 3 is 2.71 bits per heavy atom. The van der Waals surface area contributed by atoms with Crippen LogP contribution in [0.5, 0.6) is 0 Å². The van der Waals surface area contributed by atoms with E-state index in [-0.39, 0.29) is 12.4 Å². The van der Waals surface area contributed by atoms with E-state index < -0.39 is 0 Å². The number of rotatable bonds is 6. The summed E-state index contributed by atoms with van der Waals surface area (Å²) in [6.45, 7) is 9.20. The van der Waals surface area contributed by atoms with Crippen molar-refractivity contribution in [3.8, 4) is 0 Å². The molecule has 0 radical (unpaired) electrons. The van der Waals surface area contributed by atoms with Crippen LogP contribution in [-0.2, 0) is 4.79 Å². The second-order valence-electron chi connectivity index (χ2n) is 6.26. The maximum absolute atomic E-state index is 12.7. The summed E-state index contributed by atoms with van der Waals surface area (Å²) in [5.41, 5.74) is 0. The highest BCUT2D eigenvalue weighted by atomic mass is 35.5. The van der Waals surface area contributed by atoms with Crippen LogP contribution in [0.15, 0.2) is 0 Å². The number of carbonyl (C=O) groups is 1. The van der Waals surface area contributed by atoms with Crippen molar-refractivity contribution in [3.63, 3.8) is 0 Å². The maximum atomic E-state index is 12.7. The van der Waals surface area contributed by atoms with Crippen LogP contribution in [0.25, 0.3) is 0 Å². The summed E-state index contributed by atoms with van der Waals surface area (Å²) < 4.78 is 0. The fourth-order valence-corrected chi connectivity index (χ4v) is 3.65. The molecule has 5 heteroatoms. The summed E-state index contributed by atoms with van der Waals surface area (Å²) in [5, 5.41) is 3.42. The monoisotopic (exact) mass is 317 g/mol. The maximum Gasteiger partial charge on any atom is 0.237 e. The average Bonchev–Trinajstić information content (AvgIpc) is 3.00. The molecule has 2 heterocycles. The second-order valence-corrected chi connectivity index (χ2v) is 6.26. The fourth-order valence-electron chi connectivity index (χ4n) is 3.65. The van der Waals surface area contributed by atoms with Crippen LogP contribution in [0.4, 0.5) is 0 Å². The van der Waals surface area contributed by atoms with Gasteiger partial charge >= 0.3 is 0 Å². The third-order valence-corrected chi connectivity index (χ3v) is 4.82. The number of hydrogen-bond donors (Lipinski definition) is 1. The molecule has 2 rings (SSSR count). The minimum atomic E-state index is 0. The lowest BCUT2D eigenvalue weighted by atomic mass is 10.00. The minimum Gasteiger partial charge on any atom is -0.339 e. The lowest BCUT2D eigenvalue weighted by Gasteiger charge is -2.37. The first kappa shape index (κ1) is 18.7. The predicted octanol–water partition coefficient (Wildman–Crippen LogP) is 2.27. The van der Waals surface area contributed by atoms with Gasteiger partial charge in [0, 0.05) is 25.2 Å². The van der Waals surface area contributed by atoms with Gasteiger partial charge < -0.3 is 10.2 Å². The van der Waals surface area contributed by atoms with E-state index in [1.807, 2.05) is 0 Å². The first-order valence-corrected chi connectivity index (χ1v) is 8.50. The molecule has 0 aromatic heterocycles. The molecule has 0 aromatic rings. The van der Waals surface area contributed by atoms with Gasteiger partial charge in [0.2, 0.25) is 5.91 Å². The number of nitrogens with one attached hydrogen (secondary N) is 1. The van der Waals surface area contributed by atoms with Crippen molar-refractivity contribution in [3.05, 3.63) is 0 Å². The SMILES string of the molecule is CCCN(CC(=O)N1CCCCC1CC)C1CCNC1.Cl. The van der Waals surface area contributed by atoms with E-state index in [0.29, 0.717) is 24.5 Å². The Bertz CT molecular complexity index is 308. The smallest absolute Gasteiger partial charge is 0.237 e. The number of amides is 1. The largest absolute Gasteiger partial charge is 0.339 e. The Labute approximate surface area is 136 Å². The highest BCUT2D eigenvalue weighted by molar-refractivity contribution is 5.85. The molecule has 2 aliphatic rings. The molecule has 21 heavy (non-hydrogen) atoms. The van der Waals surface area contributed by atoms with Crippen molar-refractivity contribution in [1.82, 2.24) is 15.1 Å². The van der Waals surface area contributed by atoms with Gasteiger partial charge in [-0.1, -0.05) is 13.8 Å². The van der Waals surface area contributed by atoms with E-state index in [1.54, 1.807) is 0 Å². The van der Waals surface area contributed by atoms with Crippen LogP contribution < -0.4 is 5.32 Å².